The maximum atomic E-state index is 13.0. The van der Waals surface area contributed by atoms with Crippen LogP contribution < -0.4 is 4.90 Å². The molecule has 0 bridgehead atoms. The van der Waals surface area contributed by atoms with Crippen molar-refractivity contribution in [1.82, 2.24) is 9.88 Å². The minimum atomic E-state index is -5.76. The quantitative estimate of drug-likeness (QED) is 0.731. The van der Waals surface area contributed by atoms with E-state index in [2.05, 4.69) is 4.98 Å². The zero-order valence-corrected chi connectivity index (χ0v) is 16.4. The van der Waals surface area contributed by atoms with Crippen molar-refractivity contribution in [2.45, 2.75) is 17.0 Å². The zero-order chi connectivity index (χ0) is 21.9. The van der Waals surface area contributed by atoms with E-state index in [1.807, 2.05) is 11.0 Å². The van der Waals surface area contributed by atoms with Crippen LogP contribution in [0.3, 0.4) is 0 Å². The van der Waals surface area contributed by atoms with Crippen LogP contribution in [0.1, 0.15) is 22.3 Å². The molecule has 2 aromatic rings. The van der Waals surface area contributed by atoms with Crippen molar-refractivity contribution in [3.05, 3.63) is 53.7 Å². The van der Waals surface area contributed by atoms with E-state index in [9.17, 15) is 26.4 Å². The SMILES string of the molecule is N#Cc1ccc(N2CCCN(C(=O)c3cccnc3S(=O)(=O)C(F)(F)F)CC2)cc1. The minimum absolute atomic E-state index is 0.194. The molecule has 0 aliphatic carbocycles. The Morgan fingerprint density at radius 2 is 1.77 bits per heavy atom. The number of benzene rings is 1. The normalized spacial score (nSPS) is 15.4. The van der Waals surface area contributed by atoms with Crippen molar-refractivity contribution in [1.29, 1.82) is 5.26 Å². The van der Waals surface area contributed by atoms with Crippen molar-refractivity contribution in [2.75, 3.05) is 31.1 Å². The predicted octanol–water partition coefficient (Wildman–Crippen LogP) is 2.60. The van der Waals surface area contributed by atoms with Crippen LogP contribution in [0, 0.1) is 11.3 Å². The largest absolute Gasteiger partial charge is 0.503 e. The third-order valence-corrected chi connectivity index (χ3v) is 6.15. The molecule has 1 fully saturated rings. The summed E-state index contributed by atoms with van der Waals surface area (Å²) in [4.78, 5) is 19.5. The Balaban J connectivity index is 1.81. The molecule has 1 aromatic carbocycles. The summed E-state index contributed by atoms with van der Waals surface area (Å²) < 4.78 is 62.6. The van der Waals surface area contributed by atoms with Gasteiger partial charge in [0.25, 0.3) is 15.7 Å². The second-order valence-corrected chi connectivity index (χ2v) is 8.45. The number of amides is 1. The van der Waals surface area contributed by atoms with Gasteiger partial charge in [-0.1, -0.05) is 0 Å². The molecule has 1 aliphatic rings. The third-order valence-electron chi connectivity index (χ3n) is 4.71. The fourth-order valence-corrected chi connectivity index (χ4v) is 4.04. The van der Waals surface area contributed by atoms with Gasteiger partial charge in [-0.3, -0.25) is 4.79 Å². The van der Waals surface area contributed by atoms with Crippen LogP contribution in [0.25, 0.3) is 0 Å². The first-order valence-corrected chi connectivity index (χ1v) is 10.4. The van der Waals surface area contributed by atoms with Gasteiger partial charge in [0.1, 0.15) is 0 Å². The maximum absolute atomic E-state index is 13.0. The van der Waals surface area contributed by atoms with Gasteiger partial charge in [0, 0.05) is 38.1 Å². The van der Waals surface area contributed by atoms with Crippen LogP contribution in [0.4, 0.5) is 18.9 Å². The smallest absolute Gasteiger partial charge is 0.370 e. The number of hydrogen-bond donors (Lipinski definition) is 0. The van der Waals surface area contributed by atoms with Crippen LogP contribution in [0.2, 0.25) is 0 Å². The topological polar surface area (TPSA) is 94.4 Å². The number of rotatable bonds is 3. The number of nitriles is 1. The summed E-state index contributed by atoms with van der Waals surface area (Å²) in [6.07, 6.45) is 1.44. The number of carbonyl (C=O) groups is 1. The fraction of sp³-hybridized carbons (Fsp3) is 0.316. The number of hydrogen-bond acceptors (Lipinski definition) is 6. The Labute approximate surface area is 171 Å². The second kappa shape index (κ2) is 8.31. The molecule has 3 rings (SSSR count). The lowest BCUT2D eigenvalue weighted by Crippen LogP contribution is -2.37. The summed E-state index contributed by atoms with van der Waals surface area (Å²) in [6.45, 7) is 1.45. The Morgan fingerprint density at radius 3 is 2.40 bits per heavy atom. The number of anilines is 1. The van der Waals surface area contributed by atoms with E-state index in [4.69, 9.17) is 5.26 Å². The fourth-order valence-electron chi connectivity index (χ4n) is 3.17. The first-order valence-electron chi connectivity index (χ1n) is 8.96. The highest BCUT2D eigenvalue weighted by Crippen LogP contribution is 2.31. The van der Waals surface area contributed by atoms with E-state index in [1.165, 1.54) is 11.0 Å². The average molecular weight is 438 g/mol. The highest BCUT2D eigenvalue weighted by Gasteiger charge is 2.49. The molecule has 7 nitrogen and oxygen atoms in total. The van der Waals surface area contributed by atoms with Gasteiger partial charge >= 0.3 is 5.51 Å². The zero-order valence-electron chi connectivity index (χ0n) is 15.6. The van der Waals surface area contributed by atoms with E-state index >= 15 is 0 Å². The second-order valence-electron chi connectivity index (χ2n) is 6.60. The van der Waals surface area contributed by atoms with Gasteiger partial charge in [-0.25, -0.2) is 13.4 Å². The first kappa shape index (κ1) is 21.6. The van der Waals surface area contributed by atoms with Crippen LogP contribution in [0.5, 0.6) is 0 Å². The Hall–Kier alpha value is -3.13. The molecule has 0 atom stereocenters. The van der Waals surface area contributed by atoms with Crippen LogP contribution in [-0.4, -0.2) is 55.9 Å². The predicted molar refractivity (Wildman–Crippen MR) is 101 cm³/mol. The molecule has 30 heavy (non-hydrogen) atoms. The monoisotopic (exact) mass is 438 g/mol. The summed E-state index contributed by atoms with van der Waals surface area (Å²) >= 11 is 0. The summed E-state index contributed by atoms with van der Waals surface area (Å²) in [7, 11) is -5.76. The lowest BCUT2D eigenvalue weighted by Gasteiger charge is -2.24. The molecule has 0 spiro atoms. The average Bonchev–Trinajstić information content (AvgIpc) is 2.99. The maximum Gasteiger partial charge on any atom is 0.503 e. The number of halogens is 3. The minimum Gasteiger partial charge on any atom is -0.370 e. The van der Waals surface area contributed by atoms with Crippen LogP contribution in [0.15, 0.2) is 47.6 Å². The summed E-state index contributed by atoms with van der Waals surface area (Å²) in [5, 5.41) is 7.61. The molecule has 11 heteroatoms. The number of carbonyl (C=O) groups excluding carboxylic acids is 1. The Morgan fingerprint density at radius 1 is 1.07 bits per heavy atom. The molecular weight excluding hydrogens is 421 g/mol. The van der Waals surface area contributed by atoms with Crippen molar-refractivity contribution >= 4 is 21.4 Å². The van der Waals surface area contributed by atoms with E-state index in [-0.39, 0.29) is 13.1 Å². The lowest BCUT2D eigenvalue weighted by atomic mass is 10.2. The van der Waals surface area contributed by atoms with E-state index < -0.39 is 31.8 Å². The van der Waals surface area contributed by atoms with Gasteiger partial charge in [0.15, 0.2) is 5.03 Å². The third kappa shape index (κ3) is 4.23. The molecule has 0 N–H and O–H groups in total. The lowest BCUT2D eigenvalue weighted by molar-refractivity contribution is -0.0438. The molecule has 158 valence electrons. The standard InChI is InChI=1S/C19H17F3N4O3S/c20-19(21,22)30(28,29)17-16(3-1-8-24-17)18(27)26-10-2-9-25(11-12-26)15-6-4-14(13-23)5-7-15/h1,3-8H,2,9-12H2. The Bertz CT molecular complexity index is 1080. The first-order chi connectivity index (χ1) is 14.1. The molecule has 1 amide bonds. The van der Waals surface area contributed by atoms with Gasteiger partial charge < -0.3 is 9.80 Å². The molecule has 0 saturated carbocycles. The van der Waals surface area contributed by atoms with Crippen molar-refractivity contribution in [3.63, 3.8) is 0 Å². The van der Waals surface area contributed by atoms with Crippen LogP contribution >= 0.6 is 0 Å². The molecule has 1 saturated heterocycles. The molecule has 1 aromatic heterocycles. The molecule has 2 heterocycles. The highest BCUT2D eigenvalue weighted by atomic mass is 32.2. The number of alkyl halides is 3. The number of pyridine rings is 1. The molecule has 0 unspecified atom stereocenters. The summed E-state index contributed by atoms with van der Waals surface area (Å²) in [5.41, 5.74) is -4.78. The van der Waals surface area contributed by atoms with Gasteiger partial charge in [-0.05, 0) is 42.8 Å². The van der Waals surface area contributed by atoms with Crippen molar-refractivity contribution in [2.24, 2.45) is 0 Å². The number of sulfone groups is 1. The van der Waals surface area contributed by atoms with Gasteiger partial charge in [0.2, 0.25) is 0 Å². The van der Waals surface area contributed by atoms with Crippen LogP contribution in [-0.2, 0) is 9.84 Å². The van der Waals surface area contributed by atoms with Crippen molar-refractivity contribution < 1.29 is 26.4 Å². The van der Waals surface area contributed by atoms with E-state index in [0.29, 0.717) is 25.1 Å². The summed E-state index contributed by atoms with van der Waals surface area (Å²) in [6, 6.07) is 11.2. The van der Waals surface area contributed by atoms with E-state index in [0.717, 1.165) is 18.0 Å². The van der Waals surface area contributed by atoms with Gasteiger partial charge in [-0.2, -0.15) is 18.4 Å². The highest BCUT2D eigenvalue weighted by molar-refractivity contribution is 7.92. The van der Waals surface area contributed by atoms with E-state index in [1.54, 1.807) is 24.3 Å². The van der Waals surface area contributed by atoms with Gasteiger partial charge in [0.05, 0.1) is 17.2 Å². The Kier molecular flexibility index (Phi) is 5.98. The number of aromatic nitrogens is 1. The molecular formula is C19H17F3N4O3S. The molecule has 0 radical (unpaired) electrons. The number of nitrogens with zero attached hydrogens (tertiary/aromatic N) is 4. The molecule has 1 aliphatic heterocycles. The van der Waals surface area contributed by atoms with Gasteiger partial charge in [-0.15, -0.1) is 0 Å². The van der Waals surface area contributed by atoms with Crippen molar-refractivity contribution in [3.8, 4) is 6.07 Å². The summed E-state index contributed by atoms with van der Waals surface area (Å²) in [5.74, 6) is -0.812.